The molecule has 0 spiro atoms. The molecule has 1 aromatic carbocycles. The van der Waals surface area contributed by atoms with E-state index in [0.29, 0.717) is 5.92 Å². The molecule has 0 radical (unpaired) electrons. The molecule has 16 heavy (non-hydrogen) atoms. The summed E-state index contributed by atoms with van der Waals surface area (Å²) in [7, 11) is 0. The molecule has 1 heterocycles. The smallest absolute Gasteiger partial charge is 0.0877 e. The maximum absolute atomic E-state index is 4.58. The molecule has 1 aromatic heterocycles. The van der Waals surface area contributed by atoms with Crippen molar-refractivity contribution in [1.29, 1.82) is 0 Å². The van der Waals surface area contributed by atoms with Crippen molar-refractivity contribution in [3.8, 4) is 11.3 Å². The highest BCUT2D eigenvalue weighted by Gasteiger charge is 2.15. The Labute approximate surface area is 101 Å². The van der Waals surface area contributed by atoms with E-state index in [4.69, 9.17) is 0 Å². The Kier molecular flexibility index (Phi) is 3.10. The highest BCUT2D eigenvalue weighted by molar-refractivity contribution is 7.06. The van der Waals surface area contributed by atoms with Crippen LogP contribution in [0.2, 0.25) is 0 Å². The van der Waals surface area contributed by atoms with E-state index in [9.17, 15) is 0 Å². The Bertz CT molecular complexity index is 480. The zero-order valence-corrected chi connectivity index (χ0v) is 11.1. The Morgan fingerprint density at radius 2 is 1.69 bits per heavy atom. The quantitative estimate of drug-likeness (QED) is 0.739. The number of hydrogen-bond acceptors (Lipinski definition) is 2. The van der Waals surface area contributed by atoms with Gasteiger partial charge in [-0.15, -0.1) is 0 Å². The molecule has 0 N–H and O–H groups in total. The van der Waals surface area contributed by atoms with Crippen LogP contribution in [-0.4, -0.2) is 4.37 Å². The van der Waals surface area contributed by atoms with Crippen molar-refractivity contribution in [3.63, 3.8) is 0 Å². The summed E-state index contributed by atoms with van der Waals surface area (Å²) in [5, 5.41) is 0. The van der Waals surface area contributed by atoms with Crippen molar-refractivity contribution in [2.45, 2.75) is 33.6 Å². The van der Waals surface area contributed by atoms with Crippen LogP contribution in [0.25, 0.3) is 11.3 Å². The van der Waals surface area contributed by atoms with Crippen molar-refractivity contribution in [2.24, 2.45) is 0 Å². The Morgan fingerprint density at radius 1 is 1.06 bits per heavy atom. The van der Waals surface area contributed by atoms with Gasteiger partial charge in [-0.05, 0) is 36.9 Å². The van der Waals surface area contributed by atoms with Gasteiger partial charge in [0.15, 0.2) is 0 Å². The number of hydrogen-bond donors (Lipinski definition) is 0. The van der Waals surface area contributed by atoms with Crippen molar-refractivity contribution in [1.82, 2.24) is 4.37 Å². The van der Waals surface area contributed by atoms with Gasteiger partial charge in [0.1, 0.15) is 0 Å². The average Bonchev–Trinajstić information content (AvgIpc) is 2.61. The van der Waals surface area contributed by atoms with E-state index in [1.807, 2.05) is 0 Å². The van der Waals surface area contributed by atoms with Crippen molar-refractivity contribution >= 4 is 11.5 Å². The standard InChI is InChI=1S/C14H17NS/c1-9(2)13-11(4)16-15-14(13)12-7-5-10(3)6-8-12/h5-9H,1-4H3. The van der Waals surface area contributed by atoms with E-state index in [2.05, 4.69) is 56.3 Å². The highest BCUT2D eigenvalue weighted by atomic mass is 32.1. The van der Waals surface area contributed by atoms with Gasteiger partial charge in [0.05, 0.1) is 5.69 Å². The zero-order chi connectivity index (χ0) is 11.7. The molecule has 1 nitrogen and oxygen atoms in total. The molecule has 0 bridgehead atoms. The number of rotatable bonds is 2. The van der Waals surface area contributed by atoms with Crippen molar-refractivity contribution in [3.05, 3.63) is 40.3 Å². The van der Waals surface area contributed by atoms with E-state index in [0.717, 1.165) is 5.69 Å². The lowest BCUT2D eigenvalue weighted by Crippen LogP contribution is -1.91. The number of aromatic nitrogens is 1. The van der Waals surface area contributed by atoms with Crippen LogP contribution < -0.4 is 0 Å². The second-order valence-electron chi connectivity index (χ2n) is 4.52. The summed E-state index contributed by atoms with van der Waals surface area (Å²) in [6.45, 7) is 8.73. The number of benzene rings is 1. The molecule has 0 unspecified atom stereocenters. The monoisotopic (exact) mass is 231 g/mol. The molecular formula is C14H17NS. The maximum Gasteiger partial charge on any atom is 0.0877 e. The molecule has 0 atom stereocenters. The maximum atomic E-state index is 4.58. The molecule has 0 aliphatic carbocycles. The highest BCUT2D eigenvalue weighted by Crippen LogP contribution is 2.33. The largest absolute Gasteiger partial charge is 0.192 e. The normalized spacial score (nSPS) is 11.1. The Morgan fingerprint density at radius 3 is 2.25 bits per heavy atom. The molecule has 0 saturated carbocycles. The summed E-state index contributed by atoms with van der Waals surface area (Å²) in [5.41, 5.74) is 5.09. The van der Waals surface area contributed by atoms with Gasteiger partial charge in [-0.25, -0.2) is 0 Å². The van der Waals surface area contributed by atoms with E-state index < -0.39 is 0 Å². The molecule has 0 amide bonds. The first-order chi connectivity index (χ1) is 7.59. The lowest BCUT2D eigenvalue weighted by atomic mass is 9.97. The predicted molar refractivity (Wildman–Crippen MR) is 71.1 cm³/mol. The molecule has 2 heteroatoms. The SMILES string of the molecule is Cc1ccc(-c2nsc(C)c2C(C)C)cc1. The molecule has 0 saturated heterocycles. The van der Waals surface area contributed by atoms with Gasteiger partial charge in [-0.1, -0.05) is 43.7 Å². The first-order valence-corrected chi connectivity index (χ1v) is 6.40. The second kappa shape index (κ2) is 4.38. The zero-order valence-electron chi connectivity index (χ0n) is 10.2. The summed E-state index contributed by atoms with van der Waals surface area (Å²) >= 11 is 1.61. The van der Waals surface area contributed by atoms with Gasteiger partial charge < -0.3 is 0 Å². The van der Waals surface area contributed by atoms with Crippen LogP contribution in [0.3, 0.4) is 0 Å². The van der Waals surface area contributed by atoms with Crippen LogP contribution in [0.15, 0.2) is 24.3 Å². The topological polar surface area (TPSA) is 12.9 Å². The third-order valence-corrected chi connectivity index (χ3v) is 3.58. The van der Waals surface area contributed by atoms with E-state index in [-0.39, 0.29) is 0 Å². The third-order valence-electron chi connectivity index (χ3n) is 2.81. The first-order valence-electron chi connectivity index (χ1n) is 5.63. The molecule has 0 aliphatic heterocycles. The number of nitrogens with zero attached hydrogens (tertiary/aromatic N) is 1. The summed E-state index contributed by atoms with van der Waals surface area (Å²) in [6.07, 6.45) is 0. The van der Waals surface area contributed by atoms with Gasteiger partial charge in [0, 0.05) is 10.4 Å². The lowest BCUT2D eigenvalue weighted by molar-refractivity contribution is 0.864. The predicted octanol–water partition coefficient (Wildman–Crippen LogP) is 4.55. The van der Waals surface area contributed by atoms with Crippen molar-refractivity contribution in [2.75, 3.05) is 0 Å². The lowest BCUT2D eigenvalue weighted by Gasteiger charge is -2.07. The van der Waals surface area contributed by atoms with Crippen LogP contribution in [0.5, 0.6) is 0 Å². The van der Waals surface area contributed by atoms with Crippen LogP contribution >= 0.6 is 11.5 Å². The van der Waals surface area contributed by atoms with E-state index in [1.165, 1.54) is 21.6 Å². The second-order valence-corrected chi connectivity index (χ2v) is 5.50. The minimum atomic E-state index is 0.537. The van der Waals surface area contributed by atoms with Gasteiger partial charge in [0.2, 0.25) is 0 Å². The minimum absolute atomic E-state index is 0.537. The van der Waals surface area contributed by atoms with Crippen LogP contribution in [-0.2, 0) is 0 Å². The fourth-order valence-corrected chi connectivity index (χ4v) is 2.84. The van der Waals surface area contributed by atoms with Gasteiger partial charge >= 0.3 is 0 Å². The minimum Gasteiger partial charge on any atom is -0.192 e. The molecule has 0 aliphatic rings. The fourth-order valence-electron chi connectivity index (χ4n) is 1.98. The summed E-state index contributed by atoms with van der Waals surface area (Å²) in [5.74, 6) is 0.537. The molecular weight excluding hydrogens is 214 g/mol. The van der Waals surface area contributed by atoms with E-state index >= 15 is 0 Å². The van der Waals surface area contributed by atoms with Crippen LogP contribution in [0.4, 0.5) is 0 Å². The molecule has 84 valence electrons. The van der Waals surface area contributed by atoms with Crippen LogP contribution in [0.1, 0.15) is 35.8 Å². The van der Waals surface area contributed by atoms with Crippen molar-refractivity contribution < 1.29 is 0 Å². The van der Waals surface area contributed by atoms with Gasteiger partial charge in [0.25, 0.3) is 0 Å². The fraction of sp³-hybridized carbons (Fsp3) is 0.357. The first kappa shape index (κ1) is 11.3. The molecule has 0 fully saturated rings. The average molecular weight is 231 g/mol. The van der Waals surface area contributed by atoms with E-state index in [1.54, 1.807) is 11.5 Å². The van der Waals surface area contributed by atoms with Crippen LogP contribution in [0, 0.1) is 13.8 Å². The summed E-state index contributed by atoms with van der Waals surface area (Å²) in [4.78, 5) is 1.34. The summed E-state index contributed by atoms with van der Waals surface area (Å²) in [6, 6.07) is 8.62. The summed E-state index contributed by atoms with van der Waals surface area (Å²) < 4.78 is 4.58. The van der Waals surface area contributed by atoms with Gasteiger partial charge in [-0.3, -0.25) is 0 Å². The number of aryl methyl sites for hydroxylation is 2. The Balaban J connectivity index is 2.52. The third kappa shape index (κ3) is 2.03. The Hall–Kier alpha value is -1.15. The van der Waals surface area contributed by atoms with Gasteiger partial charge in [-0.2, -0.15) is 4.37 Å². The molecule has 2 rings (SSSR count). The molecule has 2 aromatic rings.